The van der Waals surface area contributed by atoms with Crippen LogP contribution in [-0.2, 0) is 11.2 Å². The van der Waals surface area contributed by atoms with Crippen LogP contribution in [0.2, 0.25) is 0 Å². The van der Waals surface area contributed by atoms with Crippen molar-refractivity contribution in [1.29, 1.82) is 0 Å². The number of hydrogen-bond acceptors (Lipinski definition) is 5. The Bertz CT molecular complexity index is 1420. The normalized spacial score (nSPS) is 12.2. The third kappa shape index (κ3) is 5.67. The second kappa shape index (κ2) is 11.0. The van der Waals surface area contributed by atoms with Crippen molar-refractivity contribution >= 4 is 28.3 Å². The molecule has 0 fully saturated rings. The Kier molecular flexibility index (Phi) is 7.42. The highest BCUT2D eigenvalue weighted by Crippen LogP contribution is 2.20. The van der Waals surface area contributed by atoms with E-state index in [-0.39, 0.29) is 11.3 Å². The first kappa shape index (κ1) is 23.6. The highest BCUT2D eigenvalue weighted by atomic mass is 16.2. The van der Waals surface area contributed by atoms with E-state index < -0.39 is 17.9 Å². The van der Waals surface area contributed by atoms with Crippen LogP contribution >= 0.6 is 0 Å². The van der Waals surface area contributed by atoms with Crippen LogP contribution in [0.1, 0.15) is 41.0 Å². The number of benzene rings is 3. The monoisotopic (exact) mass is 467 g/mol. The summed E-state index contributed by atoms with van der Waals surface area (Å²) in [6.07, 6.45) is 1.22. The van der Waals surface area contributed by atoms with E-state index in [9.17, 15) is 14.4 Å². The van der Waals surface area contributed by atoms with Crippen molar-refractivity contribution in [3.8, 4) is 0 Å². The molecule has 2 amide bonds. The molecule has 4 aromatic rings. The maximum absolute atomic E-state index is 13.3. The number of H-pyrrole nitrogens is 1. The van der Waals surface area contributed by atoms with E-state index in [4.69, 9.17) is 0 Å². The third-order valence-corrected chi connectivity index (χ3v) is 5.56. The van der Waals surface area contributed by atoms with E-state index in [1.807, 2.05) is 37.3 Å². The maximum atomic E-state index is 13.3. The minimum atomic E-state index is -1.19. The molecule has 8 heteroatoms. The van der Waals surface area contributed by atoms with Gasteiger partial charge in [0.15, 0.2) is 6.04 Å². The lowest BCUT2D eigenvalue weighted by molar-refractivity contribution is -0.123. The van der Waals surface area contributed by atoms with Crippen molar-refractivity contribution in [2.24, 2.45) is 5.10 Å². The summed E-state index contributed by atoms with van der Waals surface area (Å²) in [4.78, 5) is 38.6. The predicted octanol–water partition coefficient (Wildman–Crippen LogP) is 3.52. The maximum Gasteiger partial charge on any atom is 0.272 e. The van der Waals surface area contributed by atoms with Gasteiger partial charge in [-0.05, 0) is 30.2 Å². The average molecular weight is 468 g/mol. The highest BCUT2D eigenvalue weighted by molar-refractivity contribution is 5.99. The van der Waals surface area contributed by atoms with Crippen molar-refractivity contribution in [1.82, 2.24) is 20.9 Å². The first-order chi connectivity index (χ1) is 17.1. The zero-order chi connectivity index (χ0) is 24.6. The van der Waals surface area contributed by atoms with Gasteiger partial charge in [-0.25, -0.2) is 10.5 Å². The Morgan fingerprint density at radius 1 is 0.914 bits per heavy atom. The summed E-state index contributed by atoms with van der Waals surface area (Å²) in [5, 5.41) is 14.5. The Hall–Kier alpha value is -4.59. The highest BCUT2D eigenvalue weighted by Gasteiger charge is 2.27. The summed E-state index contributed by atoms with van der Waals surface area (Å²) >= 11 is 0. The van der Waals surface area contributed by atoms with E-state index >= 15 is 0 Å². The molecule has 0 saturated carbocycles. The van der Waals surface area contributed by atoms with Crippen molar-refractivity contribution in [2.75, 3.05) is 0 Å². The fourth-order valence-corrected chi connectivity index (χ4v) is 3.69. The van der Waals surface area contributed by atoms with Crippen molar-refractivity contribution in [2.45, 2.75) is 25.8 Å². The molecule has 176 valence electrons. The van der Waals surface area contributed by atoms with Crippen molar-refractivity contribution < 1.29 is 9.59 Å². The molecule has 35 heavy (non-hydrogen) atoms. The fourth-order valence-electron chi connectivity index (χ4n) is 3.69. The Labute approximate surface area is 202 Å². The zero-order valence-electron chi connectivity index (χ0n) is 19.2. The molecule has 0 unspecified atom stereocenters. The molecule has 0 aliphatic heterocycles. The quantitative estimate of drug-likeness (QED) is 0.272. The minimum Gasteiger partial charge on any atom is -0.335 e. The smallest absolute Gasteiger partial charge is 0.272 e. The summed E-state index contributed by atoms with van der Waals surface area (Å²) < 4.78 is 0. The second-order valence-corrected chi connectivity index (χ2v) is 7.93. The molecule has 1 aromatic heterocycles. The summed E-state index contributed by atoms with van der Waals surface area (Å²) in [5.41, 5.74) is 4.67. The zero-order valence-corrected chi connectivity index (χ0v) is 19.2. The lowest BCUT2D eigenvalue weighted by atomic mass is 10.0. The van der Waals surface area contributed by atoms with Gasteiger partial charge in [-0.1, -0.05) is 73.7 Å². The lowest BCUT2D eigenvalue weighted by Crippen LogP contribution is -2.40. The number of aromatic amines is 1. The van der Waals surface area contributed by atoms with Crippen LogP contribution in [-0.4, -0.2) is 27.7 Å². The second-order valence-electron chi connectivity index (χ2n) is 7.93. The summed E-state index contributed by atoms with van der Waals surface area (Å²) in [6, 6.07) is 24.0. The molecular formula is C27H25N5O3. The van der Waals surface area contributed by atoms with E-state index in [2.05, 4.69) is 26.0 Å². The molecule has 3 aromatic carbocycles. The van der Waals surface area contributed by atoms with Gasteiger partial charge in [0.2, 0.25) is 0 Å². The lowest BCUT2D eigenvalue weighted by Gasteiger charge is -2.18. The topological polar surface area (TPSA) is 116 Å². The third-order valence-electron chi connectivity index (χ3n) is 5.56. The van der Waals surface area contributed by atoms with E-state index in [0.717, 1.165) is 11.3 Å². The number of carbonyl (C=O) groups excluding carboxylic acids is 2. The van der Waals surface area contributed by atoms with Crippen LogP contribution in [0.15, 0.2) is 94.8 Å². The van der Waals surface area contributed by atoms with Gasteiger partial charge >= 0.3 is 0 Å². The van der Waals surface area contributed by atoms with Crippen LogP contribution in [0.3, 0.4) is 0 Å². The number of hydrazone groups is 1. The number of aromatic nitrogens is 2. The van der Waals surface area contributed by atoms with E-state index in [1.54, 1.807) is 54.6 Å². The predicted molar refractivity (Wildman–Crippen MR) is 135 cm³/mol. The first-order valence-electron chi connectivity index (χ1n) is 11.3. The van der Waals surface area contributed by atoms with E-state index in [1.165, 1.54) is 0 Å². The summed E-state index contributed by atoms with van der Waals surface area (Å²) in [7, 11) is 0. The van der Waals surface area contributed by atoms with Crippen molar-refractivity contribution in [3.05, 3.63) is 112 Å². The van der Waals surface area contributed by atoms with E-state index in [0.29, 0.717) is 29.2 Å². The molecule has 4 rings (SSSR count). The molecule has 8 nitrogen and oxygen atoms in total. The number of amides is 2. The molecule has 0 bridgehead atoms. The average Bonchev–Trinajstić information content (AvgIpc) is 2.91. The minimum absolute atomic E-state index is 0.221. The van der Waals surface area contributed by atoms with Gasteiger partial charge in [0.25, 0.3) is 17.4 Å². The van der Waals surface area contributed by atoms with Crippen LogP contribution < -0.4 is 16.3 Å². The molecule has 0 aliphatic carbocycles. The number of carbonyl (C=O) groups is 2. The molecule has 0 radical (unpaired) electrons. The Balaban J connectivity index is 1.66. The molecular weight excluding hydrogens is 442 g/mol. The van der Waals surface area contributed by atoms with Gasteiger partial charge in [-0.3, -0.25) is 14.4 Å². The largest absolute Gasteiger partial charge is 0.335 e. The SMILES string of the molecule is CCC(Cc1ccccc1)=NNC(=O)[C@@H](NC(=O)c1ccccc1)c1n[nH]c(=O)c2ccccc12. The number of nitrogens with one attached hydrogen (secondary N) is 3. The number of fused-ring (bicyclic) bond motifs is 1. The Morgan fingerprint density at radius 2 is 1.54 bits per heavy atom. The van der Waals surface area contributed by atoms with Crippen LogP contribution in [0.4, 0.5) is 0 Å². The number of nitrogens with zero attached hydrogens (tertiary/aromatic N) is 2. The molecule has 0 aliphatic rings. The van der Waals surface area contributed by atoms with Gasteiger partial charge < -0.3 is 5.32 Å². The first-order valence-corrected chi connectivity index (χ1v) is 11.3. The fraction of sp³-hybridized carbons (Fsp3) is 0.148. The van der Waals surface area contributed by atoms with Gasteiger partial charge in [0.1, 0.15) is 5.69 Å². The van der Waals surface area contributed by atoms with Gasteiger partial charge in [0.05, 0.1) is 5.39 Å². The summed E-state index contributed by atoms with van der Waals surface area (Å²) in [6.45, 7) is 1.96. The summed E-state index contributed by atoms with van der Waals surface area (Å²) in [5.74, 6) is -1.02. The van der Waals surface area contributed by atoms with Crippen molar-refractivity contribution in [3.63, 3.8) is 0 Å². The molecule has 1 atom stereocenters. The molecule has 0 spiro atoms. The van der Waals surface area contributed by atoms with Crippen LogP contribution in [0.25, 0.3) is 10.8 Å². The van der Waals surface area contributed by atoms with Crippen LogP contribution in [0.5, 0.6) is 0 Å². The standard InChI is InChI=1S/C27H25N5O3/c1-2-20(17-18-11-5-3-6-12-18)29-32-27(35)24(28-25(33)19-13-7-4-8-14-19)23-21-15-9-10-16-22(21)26(34)31-30-23/h3-16,24H,2,17H2,1H3,(H,28,33)(H,31,34)(H,32,35)/t24-/m0/s1. The number of hydrogen-bond donors (Lipinski definition) is 3. The van der Waals surface area contributed by atoms with Gasteiger partial charge in [-0.15, -0.1) is 0 Å². The Morgan fingerprint density at radius 3 is 2.23 bits per heavy atom. The van der Waals surface area contributed by atoms with Crippen LogP contribution in [0, 0.1) is 0 Å². The number of rotatable bonds is 8. The van der Waals surface area contributed by atoms with Gasteiger partial charge in [-0.2, -0.15) is 10.2 Å². The molecule has 3 N–H and O–H groups in total. The molecule has 0 saturated heterocycles. The molecule has 1 heterocycles. The van der Waals surface area contributed by atoms with Gasteiger partial charge in [0, 0.05) is 23.1 Å².